The Balaban J connectivity index is 2.49. The van der Waals surface area contributed by atoms with Gasteiger partial charge < -0.3 is 10.5 Å². The number of nitrogens with two attached hydrogens (primary N) is 1. The molecule has 0 aliphatic carbocycles. The number of carbonyl (C=O) groups is 2. The number of esters is 1. The first-order valence-corrected chi connectivity index (χ1v) is 10.5. The van der Waals surface area contributed by atoms with Crippen LogP contribution in [0.25, 0.3) is 0 Å². The molecule has 1 amide bonds. The standard InChI is InChI=1S/C19H18Cl2N2O5S/c1-3-10-23(15-7-5-14(20)6-8-15)29(26,27)17-11-13(4-9-16(17)21)19(25)28-12(2)18(22)24/h3-9,11-12H,1,10H2,2H3,(H2,22,24). The molecule has 0 radical (unpaired) electrons. The molecule has 7 nitrogen and oxygen atoms in total. The summed E-state index contributed by atoms with van der Waals surface area (Å²) in [5, 5.41) is 0.351. The van der Waals surface area contributed by atoms with Crippen LogP contribution in [-0.4, -0.2) is 32.9 Å². The molecular weight excluding hydrogens is 439 g/mol. The van der Waals surface area contributed by atoms with Crippen molar-refractivity contribution in [1.29, 1.82) is 0 Å². The van der Waals surface area contributed by atoms with E-state index in [9.17, 15) is 18.0 Å². The van der Waals surface area contributed by atoms with Gasteiger partial charge in [-0.15, -0.1) is 6.58 Å². The van der Waals surface area contributed by atoms with Crippen LogP contribution in [0.3, 0.4) is 0 Å². The number of nitrogens with zero attached hydrogens (tertiary/aromatic N) is 1. The van der Waals surface area contributed by atoms with E-state index >= 15 is 0 Å². The summed E-state index contributed by atoms with van der Waals surface area (Å²) in [7, 11) is -4.17. The second-order valence-corrected chi connectivity index (χ2v) is 8.57. The third-order valence-electron chi connectivity index (χ3n) is 3.83. The van der Waals surface area contributed by atoms with Crippen LogP contribution in [0.2, 0.25) is 10.0 Å². The van der Waals surface area contributed by atoms with E-state index < -0.39 is 28.0 Å². The van der Waals surface area contributed by atoms with Crippen molar-refractivity contribution in [1.82, 2.24) is 0 Å². The molecule has 29 heavy (non-hydrogen) atoms. The highest BCUT2D eigenvalue weighted by atomic mass is 35.5. The fourth-order valence-corrected chi connectivity index (χ4v) is 4.37. The van der Waals surface area contributed by atoms with Gasteiger partial charge in [-0.1, -0.05) is 29.3 Å². The van der Waals surface area contributed by atoms with Crippen molar-refractivity contribution in [2.75, 3.05) is 10.8 Å². The maximum Gasteiger partial charge on any atom is 0.338 e. The molecule has 2 rings (SSSR count). The number of rotatable bonds is 8. The molecule has 2 N–H and O–H groups in total. The zero-order chi connectivity index (χ0) is 21.8. The highest BCUT2D eigenvalue weighted by Gasteiger charge is 2.28. The summed E-state index contributed by atoms with van der Waals surface area (Å²) >= 11 is 12.0. The lowest BCUT2D eigenvalue weighted by molar-refractivity contribution is -0.125. The fraction of sp³-hybridized carbons (Fsp3) is 0.158. The van der Waals surface area contributed by atoms with E-state index in [-0.39, 0.29) is 22.0 Å². The van der Waals surface area contributed by atoms with Gasteiger partial charge in [0.15, 0.2) is 6.10 Å². The first-order chi connectivity index (χ1) is 13.6. The van der Waals surface area contributed by atoms with Crippen LogP contribution >= 0.6 is 23.2 Å². The Bertz CT molecular complexity index is 1040. The summed E-state index contributed by atoms with van der Waals surface area (Å²) in [5.41, 5.74) is 5.31. The maximum absolute atomic E-state index is 13.3. The second kappa shape index (κ2) is 9.30. The van der Waals surface area contributed by atoms with Gasteiger partial charge in [-0.2, -0.15) is 0 Å². The molecule has 0 saturated heterocycles. The quantitative estimate of drug-likeness (QED) is 0.483. The second-order valence-electron chi connectivity index (χ2n) is 5.90. The van der Waals surface area contributed by atoms with E-state index in [1.54, 1.807) is 12.1 Å². The van der Waals surface area contributed by atoms with Crippen LogP contribution in [0, 0.1) is 0 Å². The topological polar surface area (TPSA) is 107 Å². The molecule has 0 fully saturated rings. The van der Waals surface area contributed by atoms with Gasteiger partial charge in [0.05, 0.1) is 22.8 Å². The molecule has 1 unspecified atom stereocenters. The number of hydrogen-bond acceptors (Lipinski definition) is 5. The molecule has 0 heterocycles. The van der Waals surface area contributed by atoms with Gasteiger partial charge in [0.1, 0.15) is 4.90 Å². The Morgan fingerprint density at radius 1 is 1.21 bits per heavy atom. The van der Waals surface area contributed by atoms with Gasteiger partial charge in [0.25, 0.3) is 15.9 Å². The third kappa shape index (κ3) is 5.29. The molecule has 1 atom stereocenters. The summed E-state index contributed by atoms with van der Waals surface area (Å²) in [4.78, 5) is 23.0. The van der Waals surface area contributed by atoms with E-state index in [2.05, 4.69) is 6.58 Å². The number of sulfonamides is 1. The van der Waals surface area contributed by atoms with Crippen molar-refractivity contribution in [2.45, 2.75) is 17.9 Å². The van der Waals surface area contributed by atoms with Crippen molar-refractivity contribution in [3.63, 3.8) is 0 Å². The Morgan fingerprint density at radius 2 is 1.83 bits per heavy atom. The maximum atomic E-state index is 13.3. The third-order valence-corrected chi connectivity index (χ3v) is 6.36. The first-order valence-electron chi connectivity index (χ1n) is 8.27. The highest BCUT2D eigenvalue weighted by molar-refractivity contribution is 7.93. The number of primary amides is 1. The van der Waals surface area contributed by atoms with Crippen molar-refractivity contribution in [3.05, 3.63) is 70.7 Å². The van der Waals surface area contributed by atoms with Gasteiger partial charge in [0, 0.05) is 5.02 Å². The molecule has 2 aromatic rings. The van der Waals surface area contributed by atoms with Gasteiger partial charge in [-0.3, -0.25) is 9.10 Å². The van der Waals surface area contributed by atoms with Crippen molar-refractivity contribution in [2.24, 2.45) is 5.73 Å². The van der Waals surface area contributed by atoms with Gasteiger partial charge in [-0.05, 0) is 49.4 Å². The predicted molar refractivity (Wildman–Crippen MR) is 112 cm³/mol. The minimum Gasteiger partial charge on any atom is -0.449 e. The summed E-state index contributed by atoms with van der Waals surface area (Å²) in [5.74, 6) is -1.74. The van der Waals surface area contributed by atoms with Crippen molar-refractivity contribution < 1.29 is 22.7 Å². The van der Waals surface area contributed by atoms with Crippen molar-refractivity contribution >= 4 is 50.8 Å². The van der Waals surface area contributed by atoms with E-state index in [4.69, 9.17) is 33.7 Å². The number of halogens is 2. The molecule has 10 heteroatoms. The molecule has 0 aliphatic heterocycles. The zero-order valence-electron chi connectivity index (χ0n) is 15.3. The molecule has 2 aromatic carbocycles. The van der Waals surface area contributed by atoms with Crippen LogP contribution in [0.5, 0.6) is 0 Å². The van der Waals surface area contributed by atoms with Gasteiger partial charge in [0.2, 0.25) is 0 Å². The van der Waals surface area contributed by atoms with E-state index in [1.165, 1.54) is 37.3 Å². The molecule has 0 spiro atoms. The Labute approximate surface area is 178 Å². The molecule has 0 bridgehead atoms. The zero-order valence-corrected chi connectivity index (χ0v) is 17.7. The molecular formula is C19H18Cl2N2O5S. The van der Waals surface area contributed by atoms with Crippen LogP contribution in [-0.2, 0) is 19.6 Å². The average Bonchev–Trinajstić information content (AvgIpc) is 2.66. The fourth-order valence-electron chi connectivity index (χ4n) is 2.30. The lowest BCUT2D eigenvalue weighted by Gasteiger charge is -2.24. The Hall–Kier alpha value is -2.55. The highest BCUT2D eigenvalue weighted by Crippen LogP contribution is 2.30. The first kappa shape index (κ1) is 22.7. The molecule has 0 aliphatic rings. The number of anilines is 1. The summed E-state index contributed by atoms with van der Waals surface area (Å²) in [6.45, 7) is 4.84. The monoisotopic (exact) mass is 456 g/mol. The van der Waals surface area contributed by atoms with E-state index in [1.807, 2.05) is 0 Å². The molecule has 0 saturated carbocycles. The lowest BCUT2D eigenvalue weighted by Crippen LogP contribution is -2.32. The molecule has 154 valence electrons. The number of amides is 1. The van der Waals surface area contributed by atoms with E-state index in [0.29, 0.717) is 10.7 Å². The normalized spacial score (nSPS) is 12.1. The van der Waals surface area contributed by atoms with Crippen LogP contribution in [0.4, 0.5) is 5.69 Å². The summed E-state index contributed by atoms with van der Waals surface area (Å²) in [6, 6.07) is 9.78. The Morgan fingerprint density at radius 3 is 2.38 bits per heavy atom. The number of ether oxygens (including phenoxy) is 1. The van der Waals surface area contributed by atoms with Crippen molar-refractivity contribution in [3.8, 4) is 0 Å². The van der Waals surface area contributed by atoms with Gasteiger partial charge in [-0.25, -0.2) is 13.2 Å². The summed E-state index contributed by atoms with van der Waals surface area (Å²) in [6.07, 6.45) is 0.233. The largest absolute Gasteiger partial charge is 0.449 e. The average molecular weight is 457 g/mol. The number of benzene rings is 2. The van der Waals surface area contributed by atoms with Crippen LogP contribution in [0.1, 0.15) is 17.3 Å². The van der Waals surface area contributed by atoms with E-state index in [0.717, 1.165) is 10.4 Å². The minimum absolute atomic E-state index is 0.0479. The summed E-state index contributed by atoms with van der Waals surface area (Å²) < 4.78 is 32.5. The van der Waals surface area contributed by atoms with Crippen LogP contribution in [0.15, 0.2) is 60.0 Å². The minimum atomic E-state index is -4.17. The van der Waals surface area contributed by atoms with Crippen LogP contribution < -0.4 is 10.0 Å². The number of carbonyl (C=O) groups excluding carboxylic acids is 2. The molecule has 0 aromatic heterocycles. The lowest BCUT2D eigenvalue weighted by atomic mass is 10.2. The SMILES string of the molecule is C=CCN(c1ccc(Cl)cc1)S(=O)(=O)c1cc(C(=O)OC(C)C(N)=O)ccc1Cl. The predicted octanol–water partition coefficient (Wildman–Crippen LogP) is 3.41. The van der Waals surface area contributed by atoms with Gasteiger partial charge >= 0.3 is 5.97 Å². The Kier molecular flexibility index (Phi) is 7.29. The number of hydrogen-bond donors (Lipinski definition) is 1. The smallest absolute Gasteiger partial charge is 0.338 e.